The minimum atomic E-state index is -4.36. The number of halogens is 4. The second kappa shape index (κ2) is 7.93. The number of aryl methyl sites for hydroxylation is 1. The van der Waals surface area contributed by atoms with Crippen molar-refractivity contribution in [1.29, 1.82) is 0 Å². The molecule has 2 N–H and O–H groups in total. The number of hydrogen-bond acceptors (Lipinski definition) is 2. The molecule has 0 spiro atoms. The lowest BCUT2D eigenvalue weighted by molar-refractivity contribution is -0.137. The highest BCUT2D eigenvalue weighted by Gasteiger charge is 2.29. The van der Waals surface area contributed by atoms with Gasteiger partial charge in [0, 0.05) is 23.5 Å². The molecule has 0 aliphatic rings. The van der Waals surface area contributed by atoms with Crippen LogP contribution in [0.5, 0.6) is 0 Å². The number of rotatable bonds is 4. The van der Waals surface area contributed by atoms with Crippen LogP contribution < -0.4 is 10.6 Å². The van der Waals surface area contributed by atoms with Gasteiger partial charge in [0.2, 0.25) is 0 Å². The van der Waals surface area contributed by atoms with E-state index in [4.69, 9.17) is 11.6 Å². The number of hydrogen-bond donors (Lipinski definition) is 2. The fourth-order valence-electron chi connectivity index (χ4n) is 2.56. The molecule has 9 heteroatoms. The third kappa shape index (κ3) is 5.04. The van der Waals surface area contributed by atoms with Gasteiger partial charge in [0.25, 0.3) is 0 Å². The lowest BCUT2D eigenvalue weighted by atomic mass is 10.1. The average molecular weight is 409 g/mol. The van der Waals surface area contributed by atoms with E-state index in [0.717, 1.165) is 17.7 Å². The van der Waals surface area contributed by atoms with Gasteiger partial charge in [-0.05, 0) is 48.4 Å². The molecule has 0 fully saturated rings. The molecular formula is C19H16ClF3N4O. The summed E-state index contributed by atoms with van der Waals surface area (Å²) in [5, 5.41) is 5.88. The summed E-state index contributed by atoms with van der Waals surface area (Å²) >= 11 is 5.89. The number of benzene rings is 2. The lowest BCUT2D eigenvalue weighted by Gasteiger charge is -2.09. The third-order valence-corrected chi connectivity index (χ3v) is 4.19. The SMILES string of the molecule is Cc1cc(Cl)ccc1NC(=O)Nc1cn(Cc2ccc(C(F)(F)F)cc2)cn1. The molecule has 28 heavy (non-hydrogen) atoms. The molecule has 0 unspecified atom stereocenters. The molecule has 0 saturated heterocycles. The number of nitrogens with zero attached hydrogens (tertiary/aromatic N) is 2. The summed E-state index contributed by atoms with van der Waals surface area (Å²) in [6, 6.07) is 9.52. The maximum atomic E-state index is 12.6. The summed E-state index contributed by atoms with van der Waals surface area (Å²) in [4.78, 5) is 16.2. The molecule has 5 nitrogen and oxygen atoms in total. The number of alkyl halides is 3. The Bertz CT molecular complexity index is 984. The van der Waals surface area contributed by atoms with Crippen molar-refractivity contribution in [2.75, 3.05) is 10.6 Å². The first-order valence-electron chi connectivity index (χ1n) is 8.23. The normalized spacial score (nSPS) is 11.3. The Kier molecular flexibility index (Phi) is 5.60. The standard InChI is InChI=1S/C19H16ClF3N4O/c1-12-8-15(20)6-7-16(12)25-18(28)26-17-10-27(11-24-17)9-13-2-4-14(5-3-13)19(21,22)23/h2-8,10-11H,9H2,1H3,(H2,25,26,28). The smallest absolute Gasteiger partial charge is 0.331 e. The van der Waals surface area contributed by atoms with Gasteiger partial charge in [0.05, 0.1) is 11.9 Å². The number of aromatic nitrogens is 2. The molecule has 3 rings (SSSR count). The number of imidazole rings is 1. The van der Waals surface area contributed by atoms with Gasteiger partial charge >= 0.3 is 12.2 Å². The second-order valence-corrected chi connectivity index (χ2v) is 6.60. The first-order chi connectivity index (χ1) is 13.2. The summed E-state index contributed by atoms with van der Waals surface area (Å²) in [5.41, 5.74) is 1.41. The Balaban J connectivity index is 1.60. The van der Waals surface area contributed by atoms with Gasteiger partial charge in [0.15, 0.2) is 5.82 Å². The van der Waals surface area contributed by atoms with E-state index in [1.54, 1.807) is 29.0 Å². The maximum absolute atomic E-state index is 12.6. The zero-order valence-corrected chi connectivity index (χ0v) is 15.5. The first kappa shape index (κ1) is 19.8. The molecule has 0 radical (unpaired) electrons. The minimum absolute atomic E-state index is 0.316. The molecule has 2 amide bonds. The summed E-state index contributed by atoms with van der Waals surface area (Å²) < 4.78 is 39.5. The quantitative estimate of drug-likeness (QED) is 0.594. The van der Waals surface area contributed by atoms with Crippen LogP contribution >= 0.6 is 11.6 Å². The van der Waals surface area contributed by atoms with E-state index in [0.29, 0.717) is 28.6 Å². The van der Waals surface area contributed by atoms with E-state index in [1.807, 2.05) is 6.92 Å². The number of carbonyl (C=O) groups excluding carboxylic acids is 1. The molecular weight excluding hydrogens is 393 g/mol. The highest BCUT2D eigenvalue weighted by molar-refractivity contribution is 6.30. The first-order valence-corrected chi connectivity index (χ1v) is 8.60. The Morgan fingerprint density at radius 2 is 1.86 bits per heavy atom. The average Bonchev–Trinajstić information content (AvgIpc) is 3.04. The molecule has 3 aromatic rings. The van der Waals surface area contributed by atoms with Crippen molar-refractivity contribution in [3.63, 3.8) is 0 Å². The lowest BCUT2D eigenvalue weighted by Crippen LogP contribution is -2.20. The zero-order chi connectivity index (χ0) is 20.3. The predicted molar refractivity (Wildman–Crippen MR) is 102 cm³/mol. The number of urea groups is 1. The van der Waals surface area contributed by atoms with Crippen LogP contribution in [0.15, 0.2) is 55.0 Å². The summed E-state index contributed by atoms with van der Waals surface area (Å²) in [6.45, 7) is 2.14. The summed E-state index contributed by atoms with van der Waals surface area (Å²) in [6.07, 6.45) is -1.28. The summed E-state index contributed by atoms with van der Waals surface area (Å²) in [7, 11) is 0. The van der Waals surface area contributed by atoms with Crippen LogP contribution in [-0.2, 0) is 12.7 Å². The van der Waals surface area contributed by atoms with Crippen molar-refractivity contribution in [3.05, 3.63) is 76.7 Å². The summed E-state index contributed by atoms with van der Waals surface area (Å²) in [5.74, 6) is 0.316. The van der Waals surface area contributed by atoms with Gasteiger partial charge in [-0.1, -0.05) is 23.7 Å². The number of carbonyl (C=O) groups is 1. The monoisotopic (exact) mass is 408 g/mol. The Hall–Kier alpha value is -3.00. The predicted octanol–water partition coefficient (Wildman–Crippen LogP) is 5.56. The van der Waals surface area contributed by atoms with Gasteiger partial charge < -0.3 is 9.88 Å². The van der Waals surface area contributed by atoms with Crippen LogP contribution in [0.4, 0.5) is 29.5 Å². The van der Waals surface area contributed by atoms with E-state index < -0.39 is 17.8 Å². The van der Waals surface area contributed by atoms with Crippen LogP contribution in [-0.4, -0.2) is 15.6 Å². The van der Waals surface area contributed by atoms with Crippen LogP contribution in [0.25, 0.3) is 0 Å². The molecule has 0 atom stereocenters. The molecule has 0 saturated carbocycles. The number of nitrogens with one attached hydrogen (secondary N) is 2. The van der Waals surface area contributed by atoms with E-state index in [9.17, 15) is 18.0 Å². The fraction of sp³-hybridized carbons (Fsp3) is 0.158. The highest BCUT2D eigenvalue weighted by atomic mass is 35.5. The van der Waals surface area contributed by atoms with Gasteiger partial charge in [0.1, 0.15) is 0 Å². The van der Waals surface area contributed by atoms with Crippen molar-refractivity contribution in [1.82, 2.24) is 9.55 Å². The topological polar surface area (TPSA) is 59.0 Å². The van der Waals surface area contributed by atoms with Crippen LogP contribution in [0.1, 0.15) is 16.7 Å². The Labute approximate surface area is 164 Å². The van der Waals surface area contributed by atoms with Crippen molar-refractivity contribution in [3.8, 4) is 0 Å². The van der Waals surface area contributed by atoms with Gasteiger partial charge in [-0.25, -0.2) is 9.78 Å². The third-order valence-electron chi connectivity index (χ3n) is 3.96. The molecule has 146 valence electrons. The van der Waals surface area contributed by atoms with Crippen LogP contribution in [0.2, 0.25) is 5.02 Å². The molecule has 0 bridgehead atoms. The largest absolute Gasteiger partial charge is 0.416 e. The van der Waals surface area contributed by atoms with Gasteiger partial charge in [-0.3, -0.25) is 5.32 Å². The van der Waals surface area contributed by atoms with Crippen molar-refractivity contribution >= 4 is 29.1 Å². The Morgan fingerprint density at radius 1 is 1.14 bits per heavy atom. The molecule has 1 aromatic heterocycles. The second-order valence-electron chi connectivity index (χ2n) is 6.16. The van der Waals surface area contributed by atoms with E-state index in [1.165, 1.54) is 18.5 Å². The van der Waals surface area contributed by atoms with Gasteiger partial charge in [-0.15, -0.1) is 0 Å². The number of amides is 2. The molecule has 0 aliphatic carbocycles. The molecule has 0 aliphatic heterocycles. The molecule has 2 aromatic carbocycles. The zero-order valence-electron chi connectivity index (χ0n) is 14.7. The van der Waals surface area contributed by atoms with Gasteiger partial charge in [-0.2, -0.15) is 13.2 Å². The number of anilines is 2. The highest BCUT2D eigenvalue weighted by Crippen LogP contribution is 2.29. The van der Waals surface area contributed by atoms with Crippen LogP contribution in [0.3, 0.4) is 0 Å². The molecule has 1 heterocycles. The van der Waals surface area contributed by atoms with E-state index in [2.05, 4.69) is 15.6 Å². The van der Waals surface area contributed by atoms with Crippen molar-refractivity contribution in [2.45, 2.75) is 19.6 Å². The fourth-order valence-corrected chi connectivity index (χ4v) is 2.78. The minimum Gasteiger partial charge on any atom is -0.331 e. The van der Waals surface area contributed by atoms with Crippen LogP contribution in [0, 0.1) is 6.92 Å². The van der Waals surface area contributed by atoms with Crippen molar-refractivity contribution < 1.29 is 18.0 Å². The van der Waals surface area contributed by atoms with E-state index >= 15 is 0 Å². The van der Waals surface area contributed by atoms with Crippen molar-refractivity contribution in [2.24, 2.45) is 0 Å². The maximum Gasteiger partial charge on any atom is 0.416 e. The van der Waals surface area contributed by atoms with E-state index in [-0.39, 0.29) is 0 Å². The Morgan fingerprint density at radius 3 is 2.50 bits per heavy atom.